The summed E-state index contributed by atoms with van der Waals surface area (Å²) in [6.45, 7) is 2.15. The first-order chi connectivity index (χ1) is 13.5. The first-order valence-corrected chi connectivity index (χ1v) is 9.09. The molecule has 1 atom stereocenters. The van der Waals surface area contributed by atoms with Gasteiger partial charge in [0.05, 0.1) is 33.5 Å². The summed E-state index contributed by atoms with van der Waals surface area (Å²) >= 11 is 0. The van der Waals surface area contributed by atoms with E-state index in [-0.39, 0.29) is 24.4 Å². The van der Waals surface area contributed by atoms with Crippen molar-refractivity contribution in [3.63, 3.8) is 0 Å². The third kappa shape index (κ3) is 5.49. The Morgan fingerprint density at radius 2 is 1.75 bits per heavy atom. The van der Waals surface area contributed by atoms with E-state index in [1.54, 1.807) is 56.4 Å². The van der Waals surface area contributed by atoms with Gasteiger partial charge in [0.2, 0.25) is 5.91 Å². The van der Waals surface area contributed by atoms with E-state index in [9.17, 15) is 9.59 Å². The molecule has 9 heteroatoms. The second kappa shape index (κ2) is 10.7. The third-order valence-electron chi connectivity index (χ3n) is 4.55. The first kappa shape index (κ1) is 21.8. The molecule has 1 N–H and O–H groups in total. The molecule has 1 aromatic rings. The van der Waals surface area contributed by atoms with Crippen LogP contribution in [0.3, 0.4) is 0 Å². The van der Waals surface area contributed by atoms with Crippen molar-refractivity contribution in [1.82, 2.24) is 10.2 Å². The lowest BCUT2D eigenvalue weighted by molar-refractivity contribution is -0.117. The Labute approximate surface area is 165 Å². The Bertz CT molecular complexity index is 661. The molecule has 0 unspecified atom stereocenters. The summed E-state index contributed by atoms with van der Waals surface area (Å²) in [5.74, 6) is 1.08. The Kier molecular flexibility index (Phi) is 8.34. The van der Waals surface area contributed by atoms with Crippen molar-refractivity contribution in [3.8, 4) is 11.5 Å². The molecular formula is C19H29N3O6. The molecule has 0 bridgehead atoms. The summed E-state index contributed by atoms with van der Waals surface area (Å²) in [5, 5.41) is 2.94. The van der Waals surface area contributed by atoms with E-state index in [0.717, 1.165) is 0 Å². The Morgan fingerprint density at radius 3 is 2.32 bits per heavy atom. The Balaban J connectivity index is 2.02. The van der Waals surface area contributed by atoms with Crippen molar-refractivity contribution >= 4 is 17.6 Å². The number of hydrogen-bond donors (Lipinski definition) is 1. The van der Waals surface area contributed by atoms with Gasteiger partial charge in [-0.05, 0) is 12.1 Å². The zero-order valence-corrected chi connectivity index (χ0v) is 16.9. The van der Waals surface area contributed by atoms with Crippen LogP contribution in [-0.4, -0.2) is 84.2 Å². The maximum Gasteiger partial charge on any atom is 0.317 e. The van der Waals surface area contributed by atoms with Crippen LogP contribution in [-0.2, 0) is 14.3 Å². The topological polar surface area (TPSA) is 89.6 Å². The minimum Gasteiger partial charge on any atom is -0.493 e. The molecule has 0 saturated carbocycles. The molecule has 1 fully saturated rings. The highest BCUT2D eigenvalue weighted by Crippen LogP contribution is 2.33. The van der Waals surface area contributed by atoms with Gasteiger partial charge in [0, 0.05) is 52.0 Å². The number of nitrogens with zero attached hydrogens (tertiary/aromatic N) is 2. The van der Waals surface area contributed by atoms with Gasteiger partial charge in [-0.25, -0.2) is 4.79 Å². The van der Waals surface area contributed by atoms with Crippen molar-refractivity contribution in [2.24, 2.45) is 0 Å². The number of anilines is 1. The molecule has 1 aliphatic rings. The maximum absolute atomic E-state index is 12.6. The molecule has 0 radical (unpaired) electrons. The number of rotatable bonds is 10. The first-order valence-electron chi connectivity index (χ1n) is 9.09. The van der Waals surface area contributed by atoms with E-state index in [2.05, 4.69) is 5.32 Å². The highest BCUT2D eigenvalue weighted by Gasteiger charge is 2.33. The summed E-state index contributed by atoms with van der Waals surface area (Å²) in [5.41, 5.74) is 0.704. The lowest BCUT2D eigenvalue weighted by Gasteiger charge is -2.24. The molecule has 1 aromatic carbocycles. The van der Waals surface area contributed by atoms with Crippen LogP contribution >= 0.6 is 0 Å². The number of ether oxygens (including phenoxy) is 4. The molecule has 0 aromatic heterocycles. The van der Waals surface area contributed by atoms with E-state index in [1.807, 2.05) is 0 Å². The summed E-state index contributed by atoms with van der Waals surface area (Å²) < 4.78 is 20.7. The van der Waals surface area contributed by atoms with Gasteiger partial charge in [-0.3, -0.25) is 4.79 Å². The van der Waals surface area contributed by atoms with Crippen molar-refractivity contribution < 1.29 is 28.5 Å². The molecule has 28 heavy (non-hydrogen) atoms. The highest BCUT2D eigenvalue weighted by molar-refractivity contribution is 5.97. The number of amides is 3. The van der Waals surface area contributed by atoms with Crippen LogP contribution in [0, 0.1) is 0 Å². The van der Waals surface area contributed by atoms with Gasteiger partial charge in [0.25, 0.3) is 0 Å². The average molecular weight is 395 g/mol. The summed E-state index contributed by atoms with van der Waals surface area (Å²) in [7, 11) is 6.28. The second-order valence-electron chi connectivity index (χ2n) is 6.37. The number of carbonyl (C=O) groups excluding carboxylic acids is 2. The van der Waals surface area contributed by atoms with E-state index in [4.69, 9.17) is 18.9 Å². The smallest absolute Gasteiger partial charge is 0.317 e. The molecule has 9 nitrogen and oxygen atoms in total. The van der Waals surface area contributed by atoms with E-state index >= 15 is 0 Å². The molecule has 0 aliphatic carbocycles. The maximum atomic E-state index is 12.6. The predicted octanol–water partition coefficient (Wildman–Crippen LogP) is 1.11. The van der Waals surface area contributed by atoms with Crippen molar-refractivity contribution in [2.75, 3.05) is 66.2 Å². The number of carbonyl (C=O) groups is 2. The van der Waals surface area contributed by atoms with Crippen LogP contribution in [0.15, 0.2) is 18.2 Å². The molecule has 1 heterocycles. The summed E-state index contributed by atoms with van der Waals surface area (Å²) in [6.07, 6.45) is 0.239. The van der Waals surface area contributed by atoms with Crippen molar-refractivity contribution in [2.45, 2.75) is 12.5 Å². The zero-order valence-electron chi connectivity index (χ0n) is 16.9. The van der Waals surface area contributed by atoms with Gasteiger partial charge in [-0.2, -0.15) is 0 Å². The van der Waals surface area contributed by atoms with Gasteiger partial charge < -0.3 is 34.1 Å². The molecule has 2 rings (SSSR count). The SMILES string of the molecule is COCCN(CCOC)C(=O)N[C@H]1CC(=O)N(c2ccc(OC)c(OC)c2)C1. The van der Waals surface area contributed by atoms with E-state index in [0.29, 0.717) is 50.0 Å². The third-order valence-corrected chi connectivity index (χ3v) is 4.55. The predicted molar refractivity (Wildman–Crippen MR) is 104 cm³/mol. The molecule has 0 spiro atoms. The van der Waals surface area contributed by atoms with Crippen LogP contribution in [0.1, 0.15) is 6.42 Å². The quantitative estimate of drug-likeness (QED) is 0.638. The summed E-state index contributed by atoms with van der Waals surface area (Å²) in [4.78, 5) is 28.3. The normalized spacial score (nSPS) is 16.2. The summed E-state index contributed by atoms with van der Waals surface area (Å²) in [6, 6.07) is 4.80. The average Bonchev–Trinajstić information content (AvgIpc) is 3.07. The zero-order chi connectivity index (χ0) is 20.5. The monoisotopic (exact) mass is 395 g/mol. The second-order valence-corrected chi connectivity index (χ2v) is 6.37. The molecule has 3 amide bonds. The van der Waals surface area contributed by atoms with Gasteiger partial charge in [0.15, 0.2) is 11.5 Å². The molecule has 1 saturated heterocycles. The molecule has 156 valence electrons. The van der Waals surface area contributed by atoms with Gasteiger partial charge in [0.1, 0.15) is 0 Å². The van der Waals surface area contributed by atoms with Crippen molar-refractivity contribution in [1.29, 1.82) is 0 Å². The van der Waals surface area contributed by atoms with Crippen LogP contribution in [0.2, 0.25) is 0 Å². The lowest BCUT2D eigenvalue weighted by atomic mass is 10.2. The van der Waals surface area contributed by atoms with Gasteiger partial charge in [-0.1, -0.05) is 0 Å². The van der Waals surface area contributed by atoms with Crippen LogP contribution in [0.25, 0.3) is 0 Å². The van der Waals surface area contributed by atoms with E-state index < -0.39 is 0 Å². The number of nitrogens with one attached hydrogen (secondary N) is 1. The van der Waals surface area contributed by atoms with Crippen LogP contribution in [0.5, 0.6) is 11.5 Å². The number of methoxy groups -OCH3 is 4. The minimum atomic E-state index is -0.277. The van der Waals surface area contributed by atoms with Gasteiger partial charge in [-0.15, -0.1) is 0 Å². The van der Waals surface area contributed by atoms with Crippen LogP contribution < -0.4 is 19.7 Å². The fourth-order valence-corrected chi connectivity index (χ4v) is 3.03. The van der Waals surface area contributed by atoms with Gasteiger partial charge >= 0.3 is 6.03 Å². The lowest BCUT2D eigenvalue weighted by Crippen LogP contribution is -2.47. The standard InChI is InChI=1S/C19H29N3O6/c1-25-9-7-21(8-10-26-2)19(24)20-14-11-18(23)22(13-14)15-5-6-16(27-3)17(12-15)28-4/h5-6,12,14H,7-11,13H2,1-4H3,(H,20,24)/t14-/m0/s1. The largest absolute Gasteiger partial charge is 0.493 e. The van der Waals surface area contributed by atoms with E-state index in [1.165, 1.54) is 0 Å². The van der Waals surface area contributed by atoms with Crippen LogP contribution in [0.4, 0.5) is 10.5 Å². The number of benzene rings is 1. The number of urea groups is 1. The molecule has 1 aliphatic heterocycles. The Morgan fingerprint density at radius 1 is 1.11 bits per heavy atom. The highest BCUT2D eigenvalue weighted by atomic mass is 16.5. The Hall–Kier alpha value is -2.52. The minimum absolute atomic E-state index is 0.0575. The number of hydrogen-bond acceptors (Lipinski definition) is 6. The molecular weight excluding hydrogens is 366 g/mol. The fraction of sp³-hybridized carbons (Fsp3) is 0.579. The fourth-order valence-electron chi connectivity index (χ4n) is 3.03. The van der Waals surface area contributed by atoms with Crippen molar-refractivity contribution in [3.05, 3.63) is 18.2 Å².